The Balaban J connectivity index is 1.52. The number of hydrogen-bond donors (Lipinski definition) is 1. The normalized spacial score (nSPS) is 20.4. The highest BCUT2D eigenvalue weighted by molar-refractivity contribution is 7.99. The summed E-state index contributed by atoms with van der Waals surface area (Å²) in [5.41, 5.74) is 2.73. The van der Waals surface area contributed by atoms with Gasteiger partial charge in [-0.25, -0.2) is 8.42 Å². The topological polar surface area (TPSA) is 69.7 Å². The van der Waals surface area contributed by atoms with Gasteiger partial charge in [-0.15, -0.1) is 11.8 Å². The number of carbonyl (C=O) groups is 1. The molecule has 2 aliphatic rings. The molecule has 0 bridgehead atoms. The van der Waals surface area contributed by atoms with Crippen LogP contribution in [0, 0.1) is 12.8 Å². The van der Waals surface area contributed by atoms with E-state index in [0.717, 1.165) is 16.1 Å². The molecule has 2 aliphatic heterocycles. The number of sulfonamides is 1. The molecule has 1 atom stereocenters. The fourth-order valence-corrected chi connectivity index (χ4v) is 6.31. The maximum atomic E-state index is 13.2. The minimum absolute atomic E-state index is 0.0821. The van der Waals surface area contributed by atoms with E-state index in [2.05, 4.69) is 10.2 Å². The molecule has 0 unspecified atom stereocenters. The Morgan fingerprint density at radius 3 is 2.57 bits per heavy atom. The van der Waals surface area contributed by atoms with Crippen molar-refractivity contribution in [2.75, 3.05) is 42.1 Å². The van der Waals surface area contributed by atoms with Crippen molar-refractivity contribution in [3.05, 3.63) is 47.0 Å². The standard InChI is InChI=1S/C21H24ClN3O3S2/c1-14-3-4-16(22)11-19(14)24-7-9-25(10-8-24)30(27,28)17-5-6-20-18(12-17)23-21(26)15(2)13-29-20/h3-6,11-12,15H,7-10,13H2,1-2H3,(H,23,26)/t15-/m0/s1. The Morgan fingerprint density at radius 1 is 1.10 bits per heavy atom. The zero-order chi connectivity index (χ0) is 21.5. The average Bonchev–Trinajstić information content (AvgIpc) is 2.87. The van der Waals surface area contributed by atoms with Gasteiger partial charge in [0.2, 0.25) is 15.9 Å². The van der Waals surface area contributed by atoms with E-state index in [-0.39, 0.29) is 16.7 Å². The molecule has 1 fully saturated rings. The molecule has 0 saturated carbocycles. The zero-order valence-electron chi connectivity index (χ0n) is 16.9. The van der Waals surface area contributed by atoms with E-state index in [0.29, 0.717) is 42.6 Å². The lowest BCUT2D eigenvalue weighted by molar-refractivity contribution is -0.118. The monoisotopic (exact) mass is 465 g/mol. The number of fused-ring (bicyclic) bond motifs is 1. The van der Waals surface area contributed by atoms with Crippen molar-refractivity contribution in [2.45, 2.75) is 23.6 Å². The van der Waals surface area contributed by atoms with Crippen molar-refractivity contribution in [3.63, 3.8) is 0 Å². The Labute approximate surface area is 186 Å². The van der Waals surface area contributed by atoms with Gasteiger partial charge in [0.05, 0.1) is 10.6 Å². The lowest BCUT2D eigenvalue weighted by Gasteiger charge is -2.36. The van der Waals surface area contributed by atoms with Crippen LogP contribution in [0.2, 0.25) is 5.02 Å². The van der Waals surface area contributed by atoms with Crippen molar-refractivity contribution in [1.82, 2.24) is 4.31 Å². The number of hydrogen-bond acceptors (Lipinski definition) is 5. The lowest BCUT2D eigenvalue weighted by Crippen LogP contribution is -2.48. The second-order valence-electron chi connectivity index (χ2n) is 7.68. The summed E-state index contributed by atoms with van der Waals surface area (Å²) in [6, 6.07) is 10.8. The number of nitrogens with zero attached hydrogens (tertiary/aromatic N) is 2. The number of carbonyl (C=O) groups excluding carboxylic acids is 1. The van der Waals surface area contributed by atoms with Gasteiger partial charge in [0.15, 0.2) is 0 Å². The van der Waals surface area contributed by atoms with Gasteiger partial charge < -0.3 is 10.2 Å². The summed E-state index contributed by atoms with van der Waals surface area (Å²) in [6.07, 6.45) is 0. The molecule has 0 aromatic heterocycles. The third kappa shape index (κ3) is 4.19. The van der Waals surface area contributed by atoms with Crippen LogP contribution in [0.5, 0.6) is 0 Å². The minimum Gasteiger partial charge on any atom is -0.369 e. The fraction of sp³-hybridized carbons (Fsp3) is 0.381. The Hall–Kier alpha value is -1.74. The number of piperazine rings is 1. The van der Waals surface area contributed by atoms with Crippen LogP contribution < -0.4 is 10.2 Å². The van der Waals surface area contributed by atoms with Gasteiger partial charge in [-0.3, -0.25) is 4.79 Å². The van der Waals surface area contributed by atoms with Crippen LogP contribution in [0.15, 0.2) is 46.2 Å². The maximum absolute atomic E-state index is 13.2. The summed E-state index contributed by atoms with van der Waals surface area (Å²) in [4.78, 5) is 15.4. The van der Waals surface area contributed by atoms with E-state index in [9.17, 15) is 13.2 Å². The van der Waals surface area contributed by atoms with Crippen LogP contribution in [0.1, 0.15) is 12.5 Å². The first-order chi connectivity index (χ1) is 14.3. The van der Waals surface area contributed by atoms with Gasteiger partial charge in [0.25, 0.3) is 0 Å². The van der Waals surface area contributed by atoms with Gasteiger partial charge in [0.1, 0.15) is 0 Å². The number of nitrogens with one attached hydrogen (secondary N) is 1. The lowest BCUT2D eigenvalue weighted by atomic mass is 10.1. The van der Waals surface area contributed by atoms with Crippen molar-refractivity contribution in [2.24, 2.45) is 5.92 Å². The molecule has 160 valence electrons. The number of benzene rings is 2. The Morgan fingerprint density at radius 2 is 1.83 bits per heavy atom. The van der Waals surface area contributed by atoms with Gasteiger partial charge in [-0.2, -0.15) is 4.31 Å². The molecule has 1 N–H and O–H groups in total. The summed E-state index contributed by atoms with van der Waals surface area (Å²) in [5.74, 6) is 0.474. The summed E-state index contributed by atoms with van der Waals surface area (Å²) in [6.45, 7) is 5.86. The summed E-state index contributed by atoms with van der Waals surface area (Å²) in [7, 11) is -3.64. The van der Waals surface area contributed by atoms with E-state index >= 15 is 0 Å². The quantitative estimate of drug-likeness (QED) is 0.745. The predicted molar refractivity (Wildman–Crippen MR) is 122 cm³/mol. The molecular weight excluding hydrogens is 442 g/mol. The van der Waals surface area contributed by atoms with E-state index in [4.69, 9.17) is 11.6 Å². The first kappa shape index (κ1) is 21.5. The Bertz CT molecular complexity index is 1080. The van der Waals surface area contributed by atoms with Crippen molar-refractivity contribution in [1.29, 1.82) is 0 Å². The van der Waals surface area contributed by atoms with Crippen molar-refractivity contribution >= 4 is 50.7 Å². The largest absolute Gasteiger partial charge is 0.369 e. The molecule has 0 aliphatic carbocycles. The second kappa shape index (κ2) is 8.42. The smallest absolute Gasteiger partial charge is 0.243 e. The molecular formula is C21H24ClN3O3S2. The number of amides is 1. The van der Waals surface area contributed by atoms with E-state index in [1.165, 1.54) is 4.31 Å². The number of thioether (sulfide) groups is 1. The molecule has 2 heterocycles. The van der Waals surface area contributed by atoms with Crippen LogP contribution in [-0.2, 0) is 14.8 Å². The predicted octanol–water partition coefficient (Wildman–Crippen LogP) is 3.84. The first-order valence-corrected chi connectivity index (χ1v) is 12.6. The Kier molecular flexibility index (Phi) is 6.03. The molecule has 2 aromatic carbocycles. The van der Waals surface area contributed by atoms with E-state index in [1.54, 1.807) is 30.0 Å². The van der Waals surface area contributed by atoms with Gasteiger partial charge in [0, 0.05) is 53.5 Å². The SMILES string of the molecule is Cc1ccc(Cl)cc1N1CCN(S(=O)(=O)c2ccc3c(c2)NC(=O)[C@@H](C)CS3)CC1. The number of halogens is 1. The van der Waals surface area contributed by atoms with Crippen LogP contribution in [-0.4, -0.2) is 50.6 Å². The molecule has 1 amide bonds. The molecule has 0 spiro atoms. The molecule has 30 heavy (non-hydrogen) atoms. The van der Waals surface area contributed by atoms with Gasteiger partial charge in [-0.1, -0.05) is 24.6 Å². The van der Waals surface area contributed by atoms with Crippen LogP contribution in [0.25, 0.3) is 0 Å². The summed E-state index contributed by atoms with van der Waals surface area (Å²) >= 11 is 7.71. The zero-order valence-corrected chi connectivity index (χ0v) is 19.3. The van der Waals surface area contributed by atoms with Gasteiger partial charge in [-0.05, 0) is 42.8 Å². The molecule has 9 heteroatoms. The van der Waals surface area contributed by atoms with Crippen molar-refractivity contribution < 1.29 is 13.2 Å². The molecule has 6 nitrogen and oxygen atoms in total. The number of anilines is 2. The maximum Gasteiger partial charge on any atom is 0.243 e. The van der Waals surface area contributed by atoms with E-state index in [1.807, 2.05) is 32.0 Å². The molecule has 2 aromatic rings. The number of rotatable bonds is 3. The highest BCUT2D eigenvalue weighted by atomic mass is 35.5. The molecule has 1 saturated heterocycles. The van der Waals surface area contributed by atoms with Crippen molar-refractivity contribution in [3.8, 4) is 0 Å². The third-order valence-electron chi connectivity index (χ3n) is 5.53. The molecule has 0 radical (unpaired) electrons. The van der Waals surface area contributed by atoms with Crippen LogP contribution in [0.4, 0.5) is 11.4 Å². The van der Waals surface area contributed by atoms with Gasteiger partial charge >= 0.3 is 0 Å². The van der Waals surface area contributed by atoms with E-state index < -0.39 is 10.0 Å². The average molecular weight is 466 g/mol. The van der Waals surface area contributed by atoms with Crippen LogP contribution >= 0.6 is 23.4 Å². The summed E-state index contributed by atoms with van der Waals surface area (Å²) < 4.78 is 28.0. The fourth-order valence-electron chi connectivity index (χ4n) is 3.68. The first-order valence-electron chi connectivity index (χ1n) is 9.84. The second-order valence-corrected chi connectivity index (χ2v) is 11.1. The minimum atomic E-state index is -3.64. The third-order valence-corrected chi connectivity index (χ3v) is 9.00. The molecule has 4 rings (SSSR count). The number of aryl methyl sites for hydroxylation is 1. The highest BCUT2D eigenvalue weighted by Crippen LogP contribution is 2.35. The highest BCUT2D eigenvalue weighted by Gasteiger charge is 2.30. The van der Waals surface area contributed by atoms with Crippen LogP contribution in [0.3, 0.4) is 0 Å². The summed E-state index contributed by atoms with van der Waals surface area (Å²) in [5, 5.41) is 3.54.